The molecule has 1 aromatic heterocycles. The Morgan fingerprint density at radius 1 is 1.17 bits per heavy atom. The van der Waals surface area contributed by atoms with Crippen LogP contribution in [0.5, 0.6) is 0 Å². The number of carbonyl (C=O) groups excluding carboxylic acids is 2. The molecule has 1 amide bonds. The standard InChI is InChI=1S/C23H29NO4S/c1-3-28-22(26)23(14-12-18-8-5-4-6-9-18)13-7-15-24(17-23)21(25)20-11-10-19(29-20)16-27-2/h4-6,8-11H,3,7,12-17H2,1-2H3. The van der Waals surface area contributed by atoms with E-state index in [1.807, 2.05) is 42.2 Å². The van der Waals surface area contributed by atoms with Crippen LogP contribution in [0.1, 0.15) is 46.3 Å². The number of amides is 1. The summed E-state index contributed by atoms with van der Waals surface area (Å²) in [5.41, 5.74) is 0.550. The summed E-state index contributed by atoms with van der Waals surface area (Å²) in [6, 6.07) is 14.0. The summed E-state index contributed by atoms with van der Waals surface area (Å²) in [6.45, 7) is 3.77. The van der Waals surface area contributed by atoms with Crippen molar-refractivity contribution in [2.24, 2.45) is 5.41 Å². The zero-order chi connectivity index (χ0) is 20.7. The molecule has 0 N–H and O–H groups in total. The third-order valence-corrected chi connectivity index (χ3v) is 6.51. The molecule has 0 spiro atoms. The summed E-state index contributed by atoms with van der Waals surface area (Å²) in [5.74, 6) is -0.190. The van der Waals surface area contributed by atoms with Gasteiger partial charge in [0.1, 0.15) is 0 Å². The molecule has 156 valence electrons. The Morgan fingerprint density at radius 3 is 2.69 bits per heavy atom. The Balaban J connectivity index is 1.76. The molecule has 1 aromatic carbocycles. The minimum absolute atomic E-state index is 0.00885. The van der Waals surface area contributed by atoms with E-state index in [0.29, 0.717) is 37.6 Å². The minimum atomic E-state index is -0.646. The highest BCUT2D eigenvalue weighted by atomic mass is 32.1. The van der Waals surface area contributed by atoms with Gasteiger partial charge in [-0.05, 0) is 50.3 Å². The number of rotatable bonds is 8. The normalized spacial score (nSPS) is 19.2. The quantitative estimate of drug-likeness (QED) is 0.603. The van der Waals surface area contributed by atoms with Crippen LogP contribution in [0.2, 0.25) is 0 Å². The molecular formula is C23H29NO4S. The maximum absolute atomic E-state index is 13.1. The van der Waals surface area contributed by atoms with Gasteiger partial charge in [-0.25, -0.2) is 0 Å². The zero-order valence-electron chi connectivity index (χ0n) is 17.2. The monoisotopic (exact) mass is 415 g/mol. The van der Waals surface area contributed by atoms with Crippen molar-refractivity contribution in [1.29, 1.82) is 0 Å². The van der Waals surface area contributed by atoms with E-state index in [1.165, 1.54) is 16.9 Å². The van der Waals surface area contributed by atoms with E-state index in [2.05, 4.69) is 12.1 Å². The van der Waals surface area contributed by atoms with Gasteiger partial charge in [0.05, 0.1) is 23.5 Å². The van der Waals surface area contributed by atoms with Gasteiger partial charge in [-0.15, -0.1) is 11.3 Å². The Hall–Kier alpha value is -2.18. The molecule has 1 aliphatic rings. The summed E-state index contributed by atoms with van der Waals surface area (Å²) in [6.07, 6.45) is 3.02. The fourth-order valence-corrected chi connectivity index (χ4v) is 4.91. The molecule has 0 saturated carbocycles. The largest absolute Gasteiger partial charge is 0.466 e. The van der Waals surface area contributed by atoms with Crippen LogP contribution in [0.4, 0.5) is 0 Å². The second-order valence-corrected chi connectivity index (χ2v) is 8.68. The lowest BCUT2D eigenvalue weighted by atomic mass is 9.75. The number of piperidine rings is 1. The first kappa shape index (κ1) is 21.5. The van der Waals surface area contributed by atoms with Crippen molar-refractivity contribution in [2.45, 2.75) is 39.2 Å². The predicted molar refractivity (Wildman–Crippen MR) is 114 cm³/mol. The number of hydrogen-bond donors (Lipinski definition) is 0. The highest BCUT2D eigenvalue weighted by molar-refractivity contribution is 7.14. The van der Waals surface area contributed by atoms with Crippen molar-refractivity contribution < 1.29 is 19.1 Å². The van der Waals surface area contributed by atoms with E-state index in [9.17, 15) is 9.59 Å². The maximum atomic E-state index is 13.1. The van der Waals surface area contributed by atoms with Crippen molar-refractivity contribution >= 4 is 23.2 Å². The van der Waals surface area contributed by atoms with Gasteiger partial charge in [-0.2, -0.15) is 0 Å². The number of aryl methyl sites for hydroxylation is 1. The fraction of sp³-hybridized carbons (Fsp3) is 0.478. The Morgan fingerprint density at radius 2 is 1.97 bits per heavy atom. The molecule has 1 fully saturated rings. The number of benzene rings is 1. The summed E-state index contributed by atoms with van der Waals surface area (Å²) >= 11 is 1.46. The topological polar surface area (TPSA) is 55.8 Å². The number of methoxy groups -OCH3 is 1. The van der Waals surface area contributed by atoms with Gasteiger partial charge >= 0.3 is 5.97 Å². The molecule has 29 heavy (non-hydrogen) atoms. The smallest absolute Gasteiger partial charge is 0.313 e. The predicted octanol–water partition coefficient (Wildman–Crippen LogP) is 4.31. The van der Waals surface area contributed by atoms with Gasteiger partial charge in [0.2, 0.25) is 0 Å². The lowest BCUT2D eigenvalue weighted by Gasteiger charge is -2.41. The highest BCUT2D eigenvalue weighted by Gasteiger charge is 2.44. The number of thiophene rings is 1. The first-order chi connectivity index (χ1) is 14.1. The van der Waals surface area contributed by atoms with Gasteiger partial charge in [0.15, 0.2) is 0 Å². The van der Waals surface area contributed by atoms with Crippen LogP contribution < -0.4 is 0 Å². The maximum Gasteiger partial charge on any atom is 0.313 e. The second kappa shape index (κ2) is 10.0. The first-order valence-electron chi connectivity index (χ1n) is 10.2. The van der Waals surface area contributed by atoms with Crippen molar-refractivity contribution in [1.82, 2.24) is 4.90 Å². The van der Waals surface area contributed by atoms with E-state index in [0.717, 1.165) is 24.1 Å². The van der Waals surface area contributed by atoms with Crippen molar-refractivity contribution in [3.05, 3.63) is 57.8 Å². The number of likely N-dealkylation sites (tertiary alicyclic amines) is 1. The molecule has 0 radical (unpaired) electrons. The highest BCUT2D eigenvalue weighted by Crippen LogP contribution is 2.37. The SMILES string of the molecule is CCOC(=O)C1(CCc2ccccc2)CCCN(C(=O)c2ccc(COC)s2)C1. The molecule has 5 nitrogen and oxygen atoms in total. The molecule has 0 aliphatic carbocycles. The third-order valence-electron chi connectivity index (χ3n) is 5.47. The number of esters is 1. The van der Waals surface area contributed by atoms with Crippen molar-refractivity contribution in [2.75, 3.05) is 26.8 Å². The average molecular weight is 416 g/mol. The number of ether oxygens (including phenoxy) is 2. The molecule has 2 heterocycles. The number of hydrogen-bond acceptors (Lipinski definition) is 5. The Labute approximate surface area is 176 Å². The lowest BCUT2D eigenvalue weighted by Crippen LogP contribution is -2.50. The lowest BCUT2D eigenvalue weighted by molar-refractivity contribution is -0.159. The first-order valence-corrected chi connectivity index (χ1v) is 11.0. The molecule has 1 aliphatic heterocycles. The van der Waals surface area contributed by atoms with Crippen molar-refractivity contribution in [3.8, 4) is 0 Å². The average Bonchev–Trinajstić information content (AvgIpc) is 3.22. The van der Waals surface area contributed by atoms with E-state index in [4.69, 9.17) is 9.47 Å². The molecule has 2 aromatic rings. The van der Waals surface area contributed by atoms with Crippen LogP contribution in [-0.4, -0.2) is 43.6 Å². The van der Waals surface area contributed by atoms with Gasteiger partial charge < -0.3 is 14.4 Å². The Kier molecular flexibility index (Phi) is 7.45. The zero-order valence-corrected chi connectivity index (χ0v) is 18.0. The van der Waals surface area contributed by atoms with E-state index in [1.54, 1.807) is 7.11 Å². The van der Waals surface area contributed by atoms with Gasteiger partial charge in [0.25, 0.3) is 5.91 Å². The molecule has 1 saturated heterocycles. The van der Waals surface area contributed by atoms with Crippen LogP contribution in [0, 0.1) is 5.41 Å². The van der Waals surface area contributed by atoms with Crippen LogP contribution >= 0.6 is 11.3 Å². The van der Waals surface area contributed by atoms with E-state index in [-0.39, 0.29) is 11.9 Å². The van der Waals surface area contributed by atoms with Crippen LogP contribution in [0.15, 0.2) is 42.5 Å². The van der Waals surface area contributed by atoms with Crippen molar-refractivity contribution in [3.63, 3.8) is 0 Å². The second-order valence-electron chi connectivity index (χ2n) is 7.52. The van der Waals surface area contributed by atoms with Crippen LogP contribution in [0.25, 0.3) is 0 Å². The van der Waals surface area contributed by atoms with Gasteiger partial charge in [-0.3, -0.25) is 9.59 Å². The Bertz CT molecular complexity index is 819. The molecule has 1 atom stereocenters. The van der Waals surface area contributed by atoms with E-state index >= 15 is 0 Å². The number of carbonyl (C=O) groups is 2. The minimum Gasteiger partial charge on any atom is -0.466 e. The van der Waals surface area contributed by atoms with Crippen LogP contribution in [0.3, 0.4) is 0 Å². The van der Waals surface area contributed by atoms with Crippen LogP contribution in [-0.2, 0) is 27.3 Å². The molecular weight excluding hydrogens is 386 g/mol. The molecule has 6 heteroatoms. The van der Waals surface area contributed by atoms with E-state index < -0.39 is 5.41 Å². The summed E-state index contributed by atoms with van der Waals surface area (Å²) in [7, 11) is 1.65. The third kappa shape index (κ3) is 5.25. The fourth-order valence-electron chi connectivity index (χ4n) is 3.96. The van der Waals surface area contributed by atoms with Gasteiger partial charge in [0, 0.05) is 25.1 Å². The molecule has 1 unspecified atom stereocenters. The summed E-state index contributed by atoms with van der Waals surface area (Å²) < 4.78 is 10.6. The molecule has 3 rings (SSSR count). The van der Waals surface area contributed by atoms with Gasteiger partial charge in [-0.1, -0.05) is 30.3 Å². The number of nitrogens with zero attached hydrogens (tertiary/aromatic N) is 1. The summed E-state index contributed by atoms with van der Waals surface area (Å²) in [5, 5.41) is 0. The summed E-state index contributed by atoms with van der Waals surface area (Å²) in [4.78, 5) is 29.6. The molecule has 0 bridgehead atoms.